The fourth-order valence-electron chi connectivity index (χ4n) is 2.06. The summed E-state index contributed by atoms with van der Waals surface area (Å²) in [5, 5.41) is 6.88. The van der Waals surface area contributed by atoms with Gasteiger partial charge in [-0.1, -0.05) is 23.5 Å². The highest BCUT2D eigenvalue weighted by Gasteiger charge is 2.18. The van der Waals surface area contributed by atoms with Gasteiger partial charge in [0.05, 0.1) is 5.69 Å². The normalized spacial score (nSPS) is 10.8. The highest BCUT2D eigenvalue weighted by atomic mass is 32.1. The van der Waals surface area contributed by atoms with Crippen LogP contribution in [0.5, 0.6) is 0 Å². The summed E-state index contributed by atoms with van der Waals surface area (Å²) in [5.41, 5.74) is 3.78. The lowest BCUT2D eigenvalue weighted by Crippen LogP contribution is -2.16. The number of aryl methyl sites for hydroxylation is 1. The Morgan fingerprint density at radius 1 is 1.33 bits per heavy atom. The molecule has 1 N–H and O–H groups in total. The molecule has 3 aromatic rings. The first kappa shape index (κ1) is 13.4. The lowest BCUT2D eigenvalue weighted by molar-refractivity contribution is 0.100. The van der Waals surface area contributed by atoms with E-state index in [2.05, 4.69) is 15.4 Å². The van der Waals surface area contributed by atoms with Crippen LogP contribution < -0.4 is 5.32 Å². The van der Waals surface area contributed by atoms with Crippen molar-refractivity contribution in [2.45, 2.75) is 13.8 Å². The molecule has 0 bridgehead atoms. The summed E-state index contributed by atoms with van der Waals surface area (Å²) in [6, 6.07) is 6.82. The smallest absolute Gasteiger partial charge is 0.276 e. The van der Waals surface area contributed by atoms with E-state index in [1.54, 1.807) is 36.7 Å². The molecule has 1 aromatic carbocycles. The third kappa shape index (κ3) is 2.43. The Bertz CT molecular complexity index is 850. The minimum atomic E-state index is -0.299. The molecule has 0 aliphatic rings. The van der Waals surface area contributed by atoms with Crippen molar-refractivity contribution in [1.82, 2.24) is 14.6 Å². The maximum atomic E-state index is 12.4. The Labute approximate surface area is 124 Å². The van der Waals surface area contributed by atoms with Gasteiger partial charge in [0.25, 0.3) is 5.91 Å². The van der Waals surface area contributed by atoms with Crippen molar-refractivity contribution in [3.8, 4) is 0 Å². The zero-order chi connectivity index (χ0) is 15.0. The van der Waals surface area contributed by atoms with E-state index in [-0.39, 0.29) is 11.7 Å². The second-order valence-corrected chi connectivity index (χ2v) is 5.38. The molecule has 0 saturated heterocycles. The van der Waals surface area contributed by atoms with Crippen LogP contribution in [-0.4, -0.2) is 26.3 Å². The third-order valence-electron chi connectivity index (χ3n) is 3.06. The number of hydrogen-bond donors (Lipinski definition) is 1. The molecule has 0 aliphatic carbocycles. The first-order valence-corrected chi connectivity index (χ1v) is 7.15. The molecule has 0 atom stereocenters. The predicted octanol–water partition coefficient (Wildman–Crippen LogP) is 2.55. The molecule has 0 aliphatic heterocycles. The maximum absolute atomic E-state index is 12.4. The predicted molar refractivity (Wildman–Crippen MR) is 80.0 cm³/mol. The van der Waals surface area contributed by atoms with Gasteiger partial charge in [-0.15, -0.1) is 0 Å². The molecule has 1 amide bonds. The Hall–Kier alpha value is -2.54. The fraction of sp³-hybridized carbons (Fsp3) is 0.143. The van der Waals surface area contributed by atoms with Crippen LogP contribution in [0, 0.1) is 6.92 Å². The van der Waals surface area contributed by atoms with Gasteiger partial charge in [-0.05, 0) is 26.0 Å². The van der Waals surface area contributed by atoms with Gasteiger partial charge in [0.1, 0.15) is 5.51 Å². The number of rotatable bonds is 3. The monoisotopic (exact) mass is 300 g/mol. The minimum Gasteiger partial charge on any atom is -0.321 e. The molecule has 2 heterocycles. The average molecular weight is 300 g/mol. The molecule has 21 heavy (non-hydrogen) atoms. The number of carbonyl (C=O) groups excluding carboxylic acids is 2. The largest absolute Gasteiger partial charge is 0.321 e. The van der Waals surface area contributed by atoms with Gasteiger partial charge in [0, 0.05) is 11.3 Å². The average Bonchev–Trinajstić information content (AvgIpc) is 2.98. The number of ketones is 1. The molecular weight excluding hydrogens is 288 g/mol. The number of imidazole rings is 1. The molecule has 0 fully saturated rings. The molecule has 7 heteroatoms. The van der Waals surface area contributed by atoms with E-state index in [1.807, 2.05) is 0 Å². The molecule has 0 spiro atoms. The Morgan fingerprint density at radius 3 is 2.90 bits per heavy atom. The van der Waals surface area contributed by atoms with Gasteiger partial charge in [-0.3, -0.25) is 9.59 Å². The van der Waals surface area contributed by atoms with Crippen molar-refractivity contribution < 1.29 is 9.59 Å². The first-order chi connectivity index (χ1) is 10.1. The van der Waals surface area contributed by atoms with E-state index in [9.17, 15) is 9.59 Å². The number of anilines is 1. The molecule has 3 rings (SSSR count). The van der Waals surface area contributed by atoms with Crippen LogP contribution in [0.3, 0.4) is 0 Å². The van der Waals surface area contributed by atoms with E-state index in [0.717, 1.165) is 0 Å². The molecule has 0 saturated carbocycles. The molecular formula is C14H12N4O2S. The van der Waals surface area contributed by atoms with Gasteiger partial charge in [-0.2, -0.15) is 9.61 Å². The molecule has 0 radical (unpaired) electrons. The van der Waals surface area contributed by atoms with Gasteiger partial charge >= 0.3 is 0 Å². The van der Waals surface area contributed by atoms with Crippen molar-refractivity contribution in [2.24, 2.45) is 0 Å². The van der Waals surface area contributed by atoms with E-state index in [4.69, 9.17) is 0 Å². The Balaban J connectivity index is 1.93. The number of benzene rings is 1. The highest BCUT2D eigenvalue weighted by Crippen LogP contribution is 2.17. The summed E-state index contributed by atoms with van der Waals surface area (Å²) in [5.74, 6) is -0.347. The number of hydrogen-bond acceptors (Lipinski definition) is 5. The summed E-state index contributed by atoms with van der Waals surface area (Å²) < 4.78 is 1.52. The summed E-state index contributed by atoms with van der Waals surface area (Å²) in [6.45, 7) is 3.25. The van der Waals surface area contributed by atoms with E-state index in [1.165, 1.54) is 22.8 Å². The van der Waals surface area contributed by atoms with Crippen molar-refractivity contribution in [1.29, 1.82) is 0 Å². The summed E-state index contributed by atoms with van der Waals surface area (Å²) in [7, 11) is 0. The van der Waals surface area contributed by atoms with Crippen LogP contribution in [0.4, 0.5) is 5.69 Å². The van der Waals surface area contributed by atoms with E-state index in [0.29, 0.717) is 27.6 Å². The van der Waals surface area contributed by atoms with Crippen LogP contribution in [0.1, 0.15) is 33.5 Å². The van der Waals surface area contributed by atoms with Crippen molar-refractivity contribution in [2.75, 3.05) is 5.32 Å². The zero-order valence-corrected chi connectivity index (χ0v) is 12.3. The molecule has 2 aromatic heterocycles. The Kier molecular flexibility index (Phi) is 3.26. The number of nitrogens with one attached hydrogen (secondary N) is 1. The van der Waals surface area contributed by atoms with Crippen LogP contribution in [0.25, 0.3) is 4.96 Å². The lowest BCUT2D eigenvalue weighted by Gasteiger charge is -2.06. The van der Waals surface area contributed by atoms with Gasteiger partial charge in [0.2, 0.25) is 4.96 Å². The maximum Gasteiger partial charge on any atom is 0.276 e. The number of aromatic nitrogens is 3. The van der Waals surface area contributed by atoms with Crippen LogP contribution in [0.15, 0.2) is 29.8 Å². The topological polar surface area (TPSA) is 76.4 Å². The number of carbonyl (C=O) groups is 2. The number of amides is 1. The van der Waals surface area contributed by atoms with Gasteiger partial charge in [-0.25, -0.2) is 4.98 Å². The highest BCUT2D eigenvalue weighted by molar-refractivity contribution is 7.14. The van der Waals surface area contributed by atoms with Crippen LogP contribution in [-0.2, 0) is 0 Å². The molecule has 0 unspecified atom stereocenters. The number of nitrogens with zero attached hydrogens (tertiary/aromatic N) is 3. The Morgan fingerprint density at radius 2 is 2.14 bits per heavy atom. The standard InChI is InChI=1S/C14H12N4O2S/c1-8-12(18-14(16-8)21-7-15-18)13(20)17-11-5-3-4-10(6-11)9(2)19/h3-7H,1-2H3,(H,17,20). The quantitative estimate of drug-likeness (QED) is 0.754. The SMILES string of the molecule is CC(=O)c1cccc(NC(=O)c2c(C)nc3scnn23)c1. The minimum absolute atomic E-state index is 0.0477. The van der Waals surface area contributed by atoms with Crippen molar-refractivity contribution in [3.63, 3.8) is 0 Å². The first-order valence-electron chi connectivity index (χ1n) is 6.27. The van der Waals surface area contributed by atoms with Crippen molar-refractivity contribution in [3.05, 3.63) is 46.7 Å². The van der Waals surface area contributed by atoms with Crippen molar-refractivity contribution >= 4 is 33.7 Å². The molecule has 6 nitrogen and oxygen atoms in total. The van der Waals surface area contributed by atoms with E-state index < -0.39 is 0 Å². The second-order valence-electron chi connectivity index (χ2n) is 4.57. The van der Waals surface area contributed by atoms with Crippen LogP contribution in [0.2, 0.25) is 0 Å². The van der Waals surface area contributed by atoms with Gasteiger partial charge in [0.15, 0.2) is 11.5 Å². The lowest BCUT2D eigenvalue weighted by atomic mass is 10.1. The number of fused-ring (bicyclic) bond motifs is 1. The van der Waals surface area contributed by atoms with Gasteiger partial charge < -0.3 is 5.32 Å². The zero-order valence-electron chi connectivity index (χ0n) is 11.5. The van der Waals surface area contributed by atoms with Crippen LogP contribution >= 0.6 is 11.3 Å². The number of Topliss-reactive ketones (excluding diaryl/α,β-unsaturated/α-hetero) is 1. The third-order valence-corrected chi connectivity index (χ3v) is 3.74. The fourth-order valence-corrected chi connectivity index (χ4v) is 2.72. The van der Waals surface area contributed by atoms with E-state index >= 15 is 0 Å². The summed E-state index contributed by atoms with van der Waals surface area (Å²) in [4.78, 5) is 28.7. The summed E-state index contributed by atoms with van der Waals surface area (Å²) in [6.07, 6.45) is 0. The second kappa shape index (κ2) is 5.10. The molecule has 106 valence electrons. The summed E-state index contributed by atoms with van der Waals surface area (Å²) >= 11 is 1.37.